The molecule has 1 aromatic rings. The number of nitrogens with zero attached hydrogens (tertiary/aromatic N) is 2. The molecule has 0 saturated carbocycles. The van der Waals surface area contributed by atoms with Crippen LogP contribution in [-0.2, 0) is 6.54 Å². The van der Waals surface area contributed by atoms with Crippen molar-refractivity contribution in [2.45, 2.75) is 25.4 Å². The molecule has 1 saturated heterocycles. The molecule has 1 fully saturated rings. The van der Waals surface area contributed by atoms with E-state index in [2.05, 4.69) is 16.1 Å². The highest BCUT2D eigenvalue weighted by Gasteiger charge is 2.26. The molecule has 0 N–H and O–H groups in total. The molecule has 2 heterocycles. The minimum Gasteiger partial charge on any atom is -0.493 e. The van der Waals surface area contributed by atoms with Gasteiger partial charge in [-0.1, -0.05) is 0 Å². The molecule has 0 bridgehead atoms. The van der Waals surface area contributed by atoms with Gasteiger partial charge >= 0.3 is 0 Å². The Morgan fingerprint density at radius 2 is 2.00 bits per heavy atom. The topological polar surface area (TPSA) is 34.1 Å². The van der Waals surface area contributed by atoms with Crippen LogP contribution in [0.1, 0.15) is 18.4 Å². The van der Waals surface area contributed by atoms with E-state index in [9.17, 15) is 0 Å². The smallest absolute Gasteiger partial charge is 0.162 e. The highest BCUT2D eigenvalue weighted by Crippen LogP contribution is 2.37. The van der Waals surface area contributed by atoms with Crippen LogP contribution in [0.15, 0.2) is 17.1 Å². The Labute approximate surface area is 107 Å². The van der Waals surface area contributed by atoms with E-state index in [1.165, 1.54) is 18.4 Å². The molecule has 1 aromatic carbocycles. The minimum absolute atomic E-state index is 0.495. The van der Waals surface area contributed by atoms with Crippen molar-refractivity contribution in [3.63, 3.8) is 0 Å². The number of hydrogen-bond donors (Lipinski definition) is 0. The van der Waals surface area contributed by atoms with E-state index in [4.69, 9.17) is 9.47 Å². The van der Waals surface area contributed by atoms with Crippen LogP contribution >= 0.6 is 0 Å². The molecule has 0 aliphatic carbocycles. The van der Waals surface area contributed by atoms with E-state index in [0.29, 0.717) is 6.04 Å². The number of methoxy groups -OCH3 is 2. The molecule has 0 amide bonds. The van der Waals surface area contributed by atoms with E-state index in [1.54, 1.807) is 14.2 Å². The second-order valence-corrected chi connectivity index (χ2v) is 4.79. The molecule has 2 aliphatic heterocycles. The van der Waals surface area contributed by atoms with Gasteiger partial charge in [0.2, 0.25) is 0 Å². The average Bonchev–Trinajstić information content (AvgIpc) is 2.77. The Bertz CT molecular complexity index is 485. The fourth-order valence-corrected chi connectivity index (χ4v) is 2.76. The zero-order chi connectivity index (χ0) is 12.5. The first-order valence-electron chi connectivity index (χ1n) is 6.35. The Balaban J connectivity index is 2.02. The minimum atomic E-state index is 0.495. The van der Waals surface area contributed by atoms with Crippen LogP contribution in [0.2, 0.25) is 0 Å². The second kappa shape index (κ2) is 4.61. The lowest BCUT2D eigenvalue weighted by Gasteiger charge is -2.19. The molecular weight excluding hydrogens is 228 g/mol. The maximum atomic E-state index is 5.36. The quantitative estimate of drug-likeness (QED) is 0.803. The first-order chi connectivity index (χ1) is 8.81. The van der Waals surface area contributed by atoms with E-state index in [1.807, 2.05) is 12.1 Å². The number of rotatable bonds is 2. The van der Waals surface area contributed by atoms with Crippen LogP contribution in [0, 0.1) is 0 Å². The fourth-order valence-electron chi connectivity index (χ4n) is 2.76. The van der Waals surface area contributed by atoms with Crippen molar-refractivity contribution in [3.05, 3.63) is 17.7 Å². The van der Waals surface area contributed by atoms with Crippen LogP contribution < -0.4 is 9.47 Å². The molecule has 2 aliphatic rings. The van der Waals surface area contributed by atoms with Crippen LogP contribution in [0.25, 0.3) is 0 Å². The summed E-state index contributed by atoms with van der Waals surface area (Å²) in [6.07, 6.45) is 4.55. The summed E-state index contributed by atoms with van der Waals surface area (Å²) in [7, 11) is 3.33. The van der Waals surface area contributed by atoms with E-state index < -0.39 is 0 Å². The molecule has 3 rings (SSSR count). The molecule has 18 heavy (non-hydrogen) atoms. The van der Waals surface area contributed by atoms with Gasteiger partial charge in [-0.2, -0.15) is 0 Å². The van der Waals surface area contributed by atoms with Crippen molar-refractivity contribution in [1.29, 1.82) is 0 Å². The third-order valence-electron chi connectivity index (χ3n) is 3.76. The Morgan fingerprint density at radius 3 is 2.78 bits per heavy atom. The Hall–Kier alpha value is -1.55. The number of aliphatic imine (C=N–C) groups is 1. The Kier molecular flexibility index (Phi) is 2.96. The molecular formula is C14H18N2O2. The number of fused-ring (bicyclic) bond motifs is 2. The van der Waals surface area contributed by atoms with Crippen LogP contribution in [-0.4, -0.2) is 37.9 Å². The predicted octanol–water partition coefficient (Wildman–Crippen LogP) is 2.38. The molecule has 96 valence electrons. The largest absolute Gasteiger partial charge is 0.493 e. The lowest BCUT2D eigenvalue weighted by Crippen LogP contribution is -2.28. The normalized spacial score (nSPS) is 22.2. The van der Waals surface area contributed by atoms with Gasteiger partial charge in [0.15, 0.2) is 11.5 Å². The van der Waals surface area contributed by atoms with Gasteiger partial charge in [0.05, 0.1) is 19.9 Å². The molecule has 0 spiro atoms. The van der Waals surface area contributed by atoms with Gasteiger partial charge < -0.3 is 9.47 Å². The van der Waals surface area contributed by atoms with Gasteiger partial charge in [0.25, 0.3) is 0 Å². The predicted molar refractivity (Wildman–Crippen MR) is 71.1 cm³/mol. The van der Waals surface area contributed by atoms with Gasteiger partial charge in [-0.3, -0.25) is 9.89 Å². The zero-order valence-corrected chi connectivity index (χ0v) is 10.8. The lowest BCUT2D eigenvalue weighted by molar-refractivity contribution is 0.299. The number of ether oxygens (including phenoxy) is 2. The summed E-state index contributed by atoms with van der Waals surface area (Å²) in [6, 6.07) is 4.51. The molecule has 4 nitrogen and oxygen atoms in total. The number of hydrogen-bond acceptors (Lipinski definition) is 4. The zero-order valence-electron chi connectivity index (χ0n) is 10.8. The van der Waals surface area contributed by atoms with Crippen molar-refractivity contribution in [2.24, 2.45) is 4.99 Å². The standard InChI is InChI=1S/C14H18N2O2/c1-17-13-6-10-9-16-5-3-4-11(16)8-15-12(10)7-14(13)18-2/h6-8,11H,3-5,9H2,1-2H3/t11-/m0/s1. The van der Waals surface area contributed by atoms with Crippen LogP contribution in [0.5, 0.6) is 11.5 Å². The molecule has 0 unspecified atom stereocenters. The first-order valence-corrected chi connectivity index (χ1v) is 6.35. The molecule has 4 heteroatoms. The van der Waals surface area contributed by atoms with Gasteiger partial charge in [0.1, 0.15) is 0 Å². The van der Waals surface area contributed by atoms with Crippen LogP contribution in [0.4, 0.5) is 5.69 Å². The molecule has 0 radical (unpaired) electrons. The third-order valence-corrected chi connectivity index (χ3v) is 3.76. The summed E-state index contributed by atoms with van der Waals surface area (Å²) in [5, 5.41) is 0. The summed E-state index contributed by atoms with van der Waals surface area (Å²) in [5.74, 6) is 1.53. The van der Waals surface area contributed by atoms with Crippen molar-refractivity contribution in [1.82, 2.24) is 4.90 Å². The SMILES string of the molecule is COc1cc2c(cc1OC)N=C[C@@H]1CCCN1C2. The van der Waals surface area contributed by atoms with Crippen molar-refractivity contribution in [2.75, 3.05) is 20.8 Å². The van der Waals surface area contributed by atoms with E-state index in [-0.39, 0.29) is 0 Å². The summed E-state index contributed by atoms with van der Waals surface area (Å²) in [6.45, 7) is 2.10. The maximum Gasteiger partial charge on any atom is 0.162 e. The summed E-state index contributed by atoms with van der Waals surface area (Å²) in [4.78, 5) is 7.08. The average molecular weight is 246 g/mol. The molecule has 0 aromatic heterocycles. The van der Waals surface area contributed by atoms with Gasteiger partial charge in [-0.05, 0) is 31.0 Å². The highest BCUT2D eigenvalue weighted by molar-refractivity contribution is 5.73. The highest BCUT2D eigenvalue weighted by atomic mass is 16.5. The summed E-state index contributed by atoms with van der Waals surface area (Å²) >= 11 is 0. The van der Waals surface area contributed by atoms with Crippen molar-refractivity contribution < 1.29 is 9.47 Å². The molecule has 1 atom stereocenters. The third kappa shape index (κ3) is 1.86. The van der Waals surface area contributed by atoms with E-state index >= 15 is 0 Å². The monoisotopic (exact) mass is 246 g/mol. The number of benzene rings is 1. The van der Waals surface area contributed by atoms with Gasteiger partial charge in [-0.15, -0.1) is 0 Å². The fraction of sp³-hybridized carbons (Fsp3) is 0.500. The lowest BCUT2D eigenvalue weighted by atomic mass is 10.1. The maximum absolute atomic E-state index is 5.36. The van der Waals surface area contributed by atoms with Gasteiger partial charge in [0, 0.05) is 24.9 Å². The van der Waals surface area contributed by atoms with Crippen molar-refractivity contribution >= 4 is 11.9 Å². The summed E-state index contributed by atoms with van der Waals surface area (Å²) in [5.41, 5.74) is 2.22. The van der Waals surface area contributed by atoms with Gasteiger partial charge in [-0.25, -0.2) is 0 Å². The second-order valence-electron chi connectivity index (χ2n) is 4.79. The Morgan fingerprint density at radius 1 is 1.22 bits per heavy atom. The first kappa shape index (κ1) is 11.5. The van der Waals surface area contributed by atoms with Crippen LogP contribution in [0.3, 0.4) is 0 Å². The summed E-state index contributed by atoms with van der Waals surface area (Å²) < 4.78 is 10.7. The van der Waals surface area contributed by atoms with E-state index in [0.717, 1.165) is 30.3 Å². The van der Waals surface area contributed by atoms with Crippen molar-refractivity contribution in [3.8, 4) is 11.5 Å².